The molecule has 0 aromatic carbocycles. The third kappa shape index (κ3) is 7.11. The molecule has 0 aliphatic rings. The summed E-state index contributed by atoms with van der Waals surface area (Å²) in [6.07, 6.45) is 0.229. The molecule has 0 rings (SSSR count). The third-order valence-corrected chi connectivity index (χ3v) is 0.391. The van der Waals surface area contributed by atoms with Crippen molar-refractivity contribution in [2.75, 3.05) is 6.61 Å². The number of carbonyl (C=O) groups excluding carboxylic acids is 1. The highest BCUT2D eigenvalue weighted by Gasteiger charge is 1.97. The Morgan fingerprint density at radius 2 is 2.33 bits per heavy atom. The Morgan fingerprint density at radius 1 is 1.78 bits per heavy atom. The quantitative estimate of drug-likeness (QED) is 0.408. The first kappa shape index (κ1) is 11.0. The minimum atomic E-state index is -0.949. The largest absolute Gasteiger partial charge is 0.524 e. The summed E-state index contributed by atoms with van der Waals surface area (Å²) in [6, 6.07) is 0. The molecule has 0 spiro atoms. The Balaban J connectivity index is 0. The van der Waals surface area contributed by atoms with Crippen molar-refractivity contribution >= 4 is 19.7 Å². The summed E-state index contributed by atoms with van der Waals surface area (Å²) in [5, 5.41) is 7.69. The van der Waals surface area contributed by atoms with Crippen LogP contribution in [0.2, 0.25) is 0 Å². The zero-order valence-corrected chi connectivity index (χ0v) is 5.88. The molecule has 0 heterocycles. The standard InChI is InChI=1S/C4H5NO3.H2S/c1-2-7-4(6)8-3-5;/h2H2,1H3;1H2. The molecule has 0 N–H and O–H groups in total. The number of nitriles is 1. The maximum absolute atomic E-state index is 9.98. The number of hydrogen-bond donors (Lipinski definition) is 0. The molecule has 0 saturated carbocycles. The van der Waals surface area contributed by atoms with Crippen molar-refractivity contribution in [3.8, 4) is 6.26 Å². The molecule has 0 aromatic heterocycles. The second-order valence-electron chi connectivity index (χ2n) is 0.876. The number of carbonyl (C=O) groups is 1. The van der Waals surface area contributed by atoms with Crippen molar-refractivity contribution in [3.05, 3.63) is 0 Å². The van der Waals surface area contributed by atoms with E-state index in [-0.39, 0.29) is 20.1 Å². The number of nitrogens with zero attached hydrogens (tertiary/aromatic N) is 1. The Morgan fingerprint density at radius 3 is 2.67 bits per heavy atom. The molecule has 52 valence electrons. The van der Waals surface area contributed by atoms with Gasteiger partial charge in [0.25, 0.3) is 6.26 Å². The van der Waals surface area contributed by atoms with E-state index in [1.807, 2.05) is 0 Å². The van der Waals surface area contributed by atoms with Crippen molar-refractivity contribution < 1.29 is 14.3 Å². The predicted molar refractivity (Wildman–Crippen MR) is 34.1 cm³/mol. The summed E-state index contributed by atoms with van der Waals surface area (Å²) < 4.78 is 7.93. The fourth-order valence-electron chi connectivity index (χ4n) is 0.185. The van der Waals surface area contributed by atoms with E-state index >= 15 is 0 Å². The maximum atomic E-state index is 9.98. The minimum absolute atomic E-state index is 0. The Labute approximate surface area is 59.8 Å². The molecule has 0 aromatic rings. The molecule has 9 heavy (non-hydrogen) atoms. The summed E-state index contributed by atoms with van der Waals surface area (Å²) in [4.78, 5) is 9.98. The van der Waals surface area contributed by atoms with E-state index in [0.29, 0.717) is 0 Å². The average molecular weight is 149 g/mol. The van der Waals surface area contributed by atoms with Crippen LogP contribution in [0.3, 0.4) is 0 Å². The molecular weight excluding hydrogens is 142 g/mol. The average Bonchev–Trinajstić information content (AvgIpc) is 1.68. The van der Waals surface area contributed by atoms with Crippen LogP contribution in [0.15, 0.2) is 0 Å². The van der Waals surface area contributed by atoms with Gasteiger partial charge < -0.3 is 9.47 Å². The summed E-state index contributed by atoms with van der Waals surface area (Å²) in [6.45, 7) is 1.85. The highest BCUT2D eigenvalue weighted by atomic mass is 32.1. The molecule has 0 amide bonds. The minimum Gasteiger partial charge on any atom is -0.434 e. The van der Waals surface area contributed by atoms with E-state index in [2.05, 4.69) is 9.47 Å². The van der Waals surface area contributed by atoms with Crippen LogP contribution in [-0.4, -0.2) is 12.8 Å². The van der Waals surface area contributed by atoms with E-state index in [0.717, 1.165) is 0 Å². The van der Waals surface area contributed by atoms with Gasteiger partial charge in [-0.25, -0.2) is 4.79 Å². The van der Waals surface area contributed by atoms with Gasteiger partial charge in [0, 0.05) is 0 Å². The summed E-state index contributed by atoms with van der Waals surface area (Å²) in [7, 11) is 0. The monoisotopic (exact) mass is 149 g/mol. The predicted octanol–water partition coefficient (Wildman–Crippen LogP) is 0.753. The van der Waals surface area contributed by atoms with E-state index in [1.54, 1.807) is 6.92 Å². The lowest BCUT2D eigenvalue weighted by atomic mass is 10.9. The zero-order valence-electron chi connectivity index (χ0n) is 4.88. The van der Waals surface area contributed by atoms with Gasteiger partial charge in [-0.15, -0.1) is 5.26 Å². The second kappa shape index (κ2) is 7.11. The second-order valence-corrected chi connectivity index (χ2v) is 0.876. The van der Waals surface area contributed by atoms with E-state index in [9.17, 15) is 4.79 Å². The van der Waals surface area contributed by atoms with Crippen molar-refractivity contribution in [2.24, 2.45) is 0 Å². The fourth-order valence-corrected chi connectivity index (χ4v) is 0.185. The topological polar surface area (TPSA) is 59.3 Å². The van der Waals surface area contributed by atoms with Gasteiger partial charge in [-0.1, -0.05) is 0 Å². The van der Waals surface area contributed by atoms with Crippen molar-refractivity contribution in [3.63, 3.8) is 0 Å². The van der Waals surface area contributed by atoms with Gasteiger partial charge in [-0.05, 0) is 6.92 Å². The molecule has 5 heteroatoms. The van der Waals surface area contributed by atoms with Crippen LogP contribution in [0.25, 0.3) is 0 Å². The van der Waals surface area contributed by atoms with E-state index in [4.69, 9.17) is 5.26 Å². The molecule has 0 unspecified atom stereocenters. The first-order valence-electron chi connectivity index (χ1n) is 2.04. The van der Waals surface area contributed by atoms with Crippen LogP contribution < -0.4 is 0 Å². The van der Waals surface area contributed by atoms with Crippen LogP contribution in [0.5, 0.6) is 0 Å². The van der Waals surface area contributed by atoms with Crippen LogP contribution in [0.4, 0.5) is 4.79 Å². The van der Waals surface area contributed by atoms with Crippen molar-refractivity contribution in [2.45, 2.75) is 6.92 Å². The number of ether oxygens (including phenoxy) is 2. The molecule has 0 bridgehead atoms. The van der Waals surface area contributed by atoms with Gasteiger partial charge in [0.05, 0.1) is 6.61 Å². The molecule has 0 fully saturated rings. The lowest BCUT2D eigenvalue weighted by molar-refractivity contribution is 0.0939. The Hall–Kier alpha value is -0.890. The number of hydrogen-bond acceptors (Lipinski definition) is 4. The lowest BCUT2D eigenvalue weighted by Gasteiger charge is -1.91. The highest BCUT2D eigenvalue weighted by Crippen LogP contribution is 1.80. The van der Waals surface area contributed by atoms with Gasteiger partial charge >= 0.3 is 6.16 Å². The van der Waals surface area contributed by atoms with Crippen LogP contribution in [-0.2, 0) is 9.47 Å². The SMILES string of the molecule is CCOC(=O)OC#N.S. The van der Waals surface area contributed by atoms with Gasteiger partial charge in [0.2, 0.25) is 0 Å². The third-order valence-electron chi connectivity index (χ3n) is 0.391. The van der Waals surface area contributed by atoms with Crippen LogP contribution in [0.1, 0.15) is 6.92 Å². The van der Waals surface area contributed by atoms with Gasteiger partial charge in [-0.2, -0.15) is 13.5 Å². The Bertz CT molecular complexity index is 119. The molecule has 0 aliphatic carbocycles. The molecule has 0 radical (unpaired) electrons. The number of rotatable bonds is 1. The molecule has 0 aliphatic heterocycles. The molecule has 0 atom stereocenters. The van der Waals surface area contributed by atoms with E-state index < -0.39 is 6.16 Å². The normalized spacial score (nSPS) is 6.22. The zero-order chi connectivity index (χ0) is 6.41. The highest BCUT2D eigenvalue weighted by molar-refractivity contribution is 7.59. The van der Waals surface area contributed by atoms with Gasteiger partial charge in [-0.3, -0.25) is 0 Å². The summed E-state index contributed by atoms with van der Waals surface area (Å²) in [5.41, 5.74) is 0. The fraction of sp³-hybridized carbons (Fsp3) is 0.500. The van der Waals surface area contributed by atoms with Crippen molar-refractivity contribution in [1.29, 1.82) is 5.26 Å². The summed E-state index contributed by atoms with van der Waals surface area (Å²) >= 11 is 0. The molecule has 0 saturated heterocycles. The first-order valence-corrected chi connectivity index (χ1v) is 2.04. The van der Waals surface area contributed by atoms with Crippen molar-refractivity contribution in [1.82, 2.24) is 0 Å². The molecular formula is C4H7NO3S. The summed E-state index contributed by atoms with van der Waals surface area (Å²) in [5.74, 6) is 0. The lowest BCUT2D eigenvalue weighted by Crippen LogP contribution is -2.02. The smallest absolute Gasteiger partial charge is 0.434 e. The first-order chi connectivity index (χ1) is 3.81. The van der Waals surface area contributed by atoms with E-state index in [1.165, 1.54) is 6.26 Å². The Kier molecular flexibility index (Phi) is 8.68. The van der Waals surface area contributed by atoms with Crippen LogP contribution >= 0.6 is 13.5 Å². The van der Waals surface area contributed by atoms with Gasteiger partial charge in [0.15, 0.2) is 0 Å². The van der Waals surface area contributed by atoms with Crippen LogP contribution in [0, 0.1) is 11.5 Å². The maximum Gasteiger partial charge on any atom is 0.524 e. The van der Waals surface area contributed by atoms with Gasteiger partial charge in [0.1, 0.15) is 0 Å². The molecule has 4 nitrogen and oxygen atoms in total.